The van der Waals surface area contributed by atoms with Crippen LogP contribution in [0.3, 0.4) is 0 Å². The highest BCUT2D eigenvalue weighted by molar-refractivity contribution is 6.03. The first-order chi connectivity index (χ1) is 29.1. The molecule has 0 aliphatic rings. The molecule has 0 unspecified atom stereocenters. The number of hydrogen-bond donors (Lipinski definition) is 8. The first-order valence-electron chi connectivity index (χ1n) is 20.2. The minimum atomic E-state index is -0.961. The molecule has 4 aromatic carbocycles. The molecule has 318 valence electrons. The molecular formula is C46H58N8O6. The third-order valence-corrected chi connectivity index (χ3v) is 9.44. The number of benzene rings is 4. The van der Waals surface area contributed by atoms with Gasteiger partial charge in [-0.3, -0.25) is 24.6 Å². The van der Waals surface area contributed by atoms with Crippen LogP contribution in [0, 0.1) is 5.41 Å². The van der Waals surface area contributed by atoms with E-state index < -0.39 is 41.8 Å². The van der Waals surface area contributed by atoms with E-state index in [1.807, 2.05) is 66.7 Å². The second-order valence-electron chi connectivity index (χ2n) is 14.1. The van der Waals surface area contributed by atoms with Gasteiger partial charge in [0.15, 0.2) is 5.96 Å². The van der Waals surface area contributed by atoms with E-state index in [9.17, 15) is 19.2 Å². The lowest BCUT2D eigenvalue weighted by molar-refractivity contribution is -0.125. The number of ether oxygens (including phenoxy) is 2. The molecule has 0 saturated carbocycles. The number of fused-ring (bicyclic) bond motifs is 1. The van der Waals surface area contributed by atoms with E-state index in [-0.39, 0.29) is 32.0 Å². The summed E-state index contributed by atoms with van der Waals surface area (Å²) in [6, 6.07) is 28.8. The number of nitrogens with one attached hydrogen (secondary N) is 7. The summed E-state index contributed by atoms with van der Waals surface area (Å²) in [5.74, 6) is -1.94. The number of nitrogens with two attached hydrogens (primary N) is 1. The summed E-state index contributed by atoms with van der Waals surface area (Å²) in [5, 5.41) is 26.9. The van der Waals surface area contributed by atoms with Crippen LogP contribution in [-0.2, 0) is 30.3 Å². The van der Waals surface area contributed by atoms with Crippen molar-refractivity contribution in [3.8, 4) is 0 Å². The van der Waals surface area contributed by atoms with Crippen LogP contribution >= 0.6 is 0 Å². The largest absolute Gasteiger partial charge is 0.381 e. The van der Waals surface area contributed by atoms with E-state index >= 15 is 0 Å². The van der Waals surface area contributed by atoms with E-state index in [0.29, 0.717) is 56.2 Å². The highest BCUT2D eigenvalue weighted by Crippen LogP contribution is 2.22. The second-order valence-corrected chi connectivity index (χ2v) is 14.1. The van der Waals surface area contributed by atoms with Gasteiger partial charge in [-0.15, -0.1) is 6.58 Å². The summed E-state index contributed by atoms with van der Waals surface area (Å²) in [4.78, 5) is 54.3. The van der Waals surface area contributed by atoms with Crippen molar-refractivity contribution >= 4 is 46.0 Å². The molecule has 4 aromatic rings. The lowest BCUT2D eigenvalue weighted by Crippen LogP contribution is -2.54. The molecule has 4 rings (SSSR count). The van der Waals surface area contributed by atoms with Gasteiger partial charge in [0.1, 0.15) is 12.1 Å². The molecule has 0 heterocycles. The SMILES string of the molecule is C=CCOCCCCOCC[C@H](NC(=O)c1ccccc1)C(=O)N[C@H](Cc1ccccc1)C(=C)N[C@@H](CCCNC(=N)N)C(=O)NCC(=O)Nc1cccc2ccccc12. The smallest absolute Gasteiger partial charge is 0.251 e. The van der Waals surface area contributed by atoms with Crippen molar-refractivity contribution in [1.29, 1.82) is 5.41 Å². The first kappa shape index (κ1) is 46.2. The highest BCUT2D eigenvalue weighted by Gasteiger charge is 2.28. The topological polar surface area (TPSA) is 209 Å². The average molecular weight is 819 g/mol. The number of hydrogen-bond acceptors (Lipinski definition) is 8. The standard InChI is InChI=1S/C46H58N8O6/c1-3-27-59-28-12-13-29-60-30-25-40(53-43(56)36-19-8-5-9-20-36)45(58)54-41(31-34-16-6-4-7-17-34)33(2)51-39(24-15-26-49-46(47)48)44(57)50-32-42(55)52-38-23-14-21-35-18-10-11-22-37(35)38/h3-11,14,16-23,39-41,51H,1-2,12-13,15,24-32H2,(H,50,57)(H,52,55)(H,53,56)(H,54,58)(H4,47,48,49)/t39-,40-,41+/m0/s1. The van der Waals surface area contributed by atoms with Crippen molar-refractivity contribution in [2.45, 2.75) is 56.7 Å². The Balaban J connectivity index is 1.47. The minimum Gasteiger partial charge on any atom is -0.381 e. The van der Waals surface area contributed by atoms with Gasteiger partial charge >= 0.3 is 0 Å². The Morgan fingerprint density at radius 3 is 2.10 bits per heavy atom. The fourth-order valence-corrected chi connectivity index (χ4v) is 6.30. The lowest BCUT2D eigenvalue weighted by Gasteiger charge is -2.28. The molecule has 0 aliphatic heterocycles. The normalized spacial score (nSPS) is 12.3. The zero-order valence-electron chi connectivity index (χ0n) is 34.1. The monoisotopic (exact) mass is 818 g/mol. The molecule has 0 aliphatic carbocycles. The second kappa shape index (κ2) is 25.8. The molecule has 3 atom stereocenters. The Morgan fingerprint density at radius 1 is 0.700 bits per heavy atom. The maximum atomic E-state index is 14.1. The van der Waals surface area contributed by atoms with E-state index in [4.69, 9.17) is 20.6 Å². The van der Waals surface area contributed by atoms with Crippen LogP contribution in [0.2, 0.25) is 0 Å². The zero-order chi connectivity index (χ0) is 43.0. The van der Waals surface area contributed by atoms with E-state index in [2.05, 4.69) is 45.1 Å². The van der Waals surface area contributed by atoms with Crippen LogP contribution < -0.4 is 37.6 Å². The summed E-state index contributed by atoms with van der Waals surface area (Å²) in [6.45, 7) is 9.71. The number of carbonyl (C=O) groups excluding carboxylic acids is 4. The molecule has 0 saturated heterocycles. The average Bonchev–Trinajstić information content (AvgIpc) is 3.25. The zero-order valence-corrected chi connectivity index (χ0v) is 34.1. The molecule has 0 bridgehead atoms. The summed E-state index contributed by atoms with van der Waals surface area (Å²) < 4.78 is 11.3. The number of unbranched alkanes of at least 4 members (excludes halogenated alkanes) is 1. The summed E-state index contributed by atoms with van der Waals surface area (Å²) in [6.07, 6.45) is 4.50. The van der Waals surface area contributed by atoms with Crippen LogP contribution in [0.4, 0.5) is 5.69 Å². The summed E-state index contributed by atoms with van der Waals surface area (Å²) >= 11 is 0. The van der Waals surface area contributed by atoms with Crippen LogP contribution in [0.25, 0.3) is 10.8 Å². The van der Waals surface area contributed by atoms with Crippen LogP contribution in [-0.4, -0.2) is 87.2 Å². The first-order valence-corrected chi connectivity index (χ1v) is 20.2. The Bertz CT molecular complexity index is 2010. The molecule has 14 heteroatoms. The molecule has 14 nitrogen and oxygen atoms in total. The highest BCUT2D eigenvalue weighted by atomic mass is 16.5. The van der Waals surface area contributed by atoms with E-state index in [1.54, 1.807) is 42.5 Å². The number of anilines is 1. The maximum absolute atomic E-state index is 14.1. The lowest BCUT2D eigenvalue weighted by atomic mass is 10.0. The van der Waals surface area contributed by atoms with Crippen molar-refractivity contribution < 1.29 is 28.7 Å². The predicted molar refractivity (Wildman–Crippen MR) is 236 cm³/mol. The molecule has 0 radical (unpaired) electrons. The number of guanidine groups is 1. The van der Waals surface area contributed by atoms with Crippen molar-refractivity contribution in [2.75, 3.05) is 44.8 Å². The number of amides is 4. The molecule has 0 aromatic heterocycles. The van der Waals surface area contributed by atoms with Crippen molar-refractivity contribution in [3.05, 3.63) is 139 Å². The summed E-state index contributed by atoms with van der Waals surface area (Å²) in [7, 11) is 0. The fraction of sp³-hybridized carbons (Fsp3) is 0.326. The van der Waals surface area contributed by atoms with Gasteiger partial charge in [0, 0.05) is 48.7 Å². The number of carbonyl (C=O) groups is 4. The van der Waals surface area contributed by atoms with Gasteiger partial charge in [-0.2, -0.15) is 0 Å². The van der Waals surface area contributed by atoms with E-state index in [0.717, 1.165) is 29.2 Å². The maximum Gasteiger partial charge on any atom is 0.251 e. The van der Waals surface area contributed by atoms with Crippen molar-refractivity contribution in [1.82, 2.24) is 26.6 Å². The van der Waals surface area contributed by atoms with Gasteiger partial charge in [0.2, 0.25) is 17.7 Å². The Hall–Kier alpha value is -6.51. The quantitative estimate of drug-likeness (QED) is 0.0184. The third-order valence-electron chi connectivity index (χ3n) is 9.44. The Kier molecular flexibility index (Phi) is 19.8. The molecule has 60 heavy (non-hydrogen) atoms. The van der Waals surface area contributed by atoms with Crippen molar-refractivity contribution in [3.63, 3.8) is 0 Å². The van der Waals surface area contributed by atoms with Crippen LogP contribution in [0.1, 0.15) is 48.0 Å². The van der Waals surface area contributed by atoms with Gasteiger partial charge in [-0.05, 0) is 67.7 Å². The van der Waals surface area contributed by atoms with Gasteiger partial charge in [0.25, 0.3) is 5.91 Å². The van der Waals surface area contributed by atoms with Gasteiger partial charge in [-0.25, -0.2) is 0 Å². The fourth-order valence-electron chi connectivity index (χ4n) is 6.30. The molecule has 0 spiro atoms. The van der Waals surface area contributed by atoms with Gasteiger partial charge < -0.3 is 47.1 Å². The van der Waals surface area contributed by atoms with Crippen LogP contribution in [0.15, 0.2) is 128 Å². The molecular weight excluding hydrogens is 761 g/mol. The molecule has 9 N–H and O–H groups in total. The molecule has 4 amide bonds. The predicted octanol–water partition coefficient (Wildman–Crippen LogP) is 4.55. The van der Waals surface area contributed by atoms with Crippen molar-refractivity contribution in [2.24, 2.45) is 5.73 Å². The third kappa shape index (κ3) is 16.4. The van der Waals surface area contributed by atoms with Gasteiger partial charge in [-0.1, -0.05) is 97.6 Å². The van der Waals surface area contributed by atoms with Crippen LogP contribution in [0.5, 0.6) is 0 Å². The minimum absolute atomic E-state index is 0.197. The Labute approximate surface area is 352 Å². The van der Waals surface area contributed by atoms with E-state index in [1.165, 1.54) is 0 Å². The Morgan fingerprint density at radius 2 is 1.37 bits per heavy atom. The molecule has 0 fully saturated rings. The number of rotatable bonds is 27. The van der Waals surface area contributed by atoms with Gasteiger partial charge in [0.05, 0.1) is 19.2 Å². The summed E-state index contributed by atoms with van der Waals surface area (Å²) in [5.41, 5.74) is 7.75.